The number of hydrogen-bond acceptors (Lipinski definition) is 2. The van der Waals surface area contributed by atoms with Crippen molar-refractivity contribution in [1.29, 1.82) is 5.26 Å². The number of benzene rings is 1. The average molecular weight is 217 g/mol. The standard InChI is InChI=1S/C14H19NO/c1-4-5-12(3)16-10-14-7-6-13(9-15)8-11(14)2/h6-8,12H,4-5,10H2,1-3H3. The number of ether oxygens (including phenoxy) is 1. The Labute approximate surface area is 97.9 Å². The van der Waals surface area contributed by atoms with Gasteiger partial charge in [-0.1, -0.05) is 19.4 Å². The topological polar surface area (TPSA) is 33.0 Å². The first-order valence-electron chi connectivity index (χ1n) is 5.78. The highest BCUT2D eigenvalue weighted by atomic mass is 16.5. The van der Waals surface area contributed by atoms with Gasteiger partial charge in [0.1, 0.15) is 0 Å². The summed E-state index contributed by atoms with van der Waals surface area (Å²) in [5.74, 6) is 0. The summed E-state index contributed by atoms with van der Waals surface area (Å²) in [7, 11) is 0. The summed E-state index contributed by atoms with van der Waals surface area (Å²) in [6.45, 7) is 6.91. The monoisotopic (exact) mass is 217 g/mol. The van der Waals surface area contributed by atoms with Crippen LogP contribution in [0.25, 0.3) is 0 Å². The van der Waals surface area contributed by atoms with E-state index < -0.39 is 0 Å². The van der Waals surface area contributed by atoms with Crippen molar-refractivity contribution in [2.45, 2.75) is 46.3 Å². The van der Waals surface area contributed by atoms with Gasteiger partial charge in [-0.2, -0.15) is 5.26 Å². The Balaban J connectivity index is 2.58. The lowest BCUT2D eigenvalue weighted by atomic mass is 10.1. The molecular formula is C14H19NO. The van der Waals surface area contributed by atoms with E-state index in [1.54, 1.807) is 0 Å². The minimum absolute atomic E-state index is 0.306. The van der Waals surface area contributed by atoms with Crippen molar-refractivity contribution in [3.8, 4) is 6.07 Å². The normalized spacial score (nSPS) is 12.1. The molecule has 0 aliphatic heterocycles. The van der Waals surface area contributed by atoms with Crippen molar-refractivity contribution in [3.05, 3.63) is 34.9 Å². The molecule has 2 heteroatoms. The van der Waals surface area contributed by atoms with Crippen LogP contribution >= 0.6 is 0 Å². The second kappa shape index (κ2) is 6.30. The van der Waals surface area contributed by atoms with Crippen molar-refractivity contribution in [1.82, 2.24) is 0 Å². The molecule has 1 aromatic carbocycles. The Morgan fingerprint density at radius 1 is 1.44 bits per heavy atom. The zero-order chi connectivity index (χ0) is 12.0. The quantitative estimate of drug-likeness (QED) is 0.755. The molecular weight excluding hydrogens is 198 g/mol. The number of nitrogens with zero attached hydrogens (tertiary/aromatic N) is 1. The molecule has 0 radical (unpaired) electrons. The van der Waals surface area contributed by atoms with Crippen LogP contribution < -0.4 is 0 Å². The van der Waals surface area contributed by atoms with Gasteiger partial charge in [0, 0.05) is 0 Å². The molecule has 0 bridgehead atoms. The summed E-state index contributed by atoms with van der Waals surface area (Å²) in [6.07, 6.45) is 2.54. The highest BCUT2D eigenvalue weighted by Crippen LogP contribution is 2.13. The van der Waals surface area contributed by atoms with Gasteiger partial charge in [-0.05, 0) is 43.5 Å². The van der Waals surface area contributed by atoms with E-state index in [-0.39, 0.29) is 0 Å². The van der Waals surface area contributed by atoms with E-state index >= 15 is 0 Å². The lowest BCUT2D eigenvalue weighted by Crippen LogP contribution is -2.08. The van der Waals surface area contributed by atoms with Crippen LogP contribution in [-0.2, 0) is 11.3 Å². The second-order valence-electron chi connectivity index (χ2n) is 4.16. The van der Waals surface area contributed by atoms with Gasteiger partial charge in [0.2, 0.25) is 0 Å². The minimum atomic E-state index is 0.306. The third-order valence-electron chi connectivity index (χ3n) is 2.69. The molecule has 0 N–H and O–H groups in total. The molecule has 0 fully saturated rings. The molecule has 0 saturated heterocycles. The lowest BCUT2D eigenvalue weighted by molar-refractivity contribution is 0.0469. The number of aryl methyl sites for hydroxylation is 1. The van der Waals surface area contributed by atoms with Gasteiger partial charge in [0.05, 0.1) is 24.3 Å². The van der Waals surface area contributed by atoms with E-state index in [1.165, 1.54) is 5.56 Å². The van der Waals surface area contributed by atoms with E-state index in [0.717, 1.165) is 18.4 Å². The van der Waals surface area contributed by atoms with E-state index in [1.807, 2.05) is 25.1 Å². The molecule has 1 aromatic rings. The van der Waals surface area contributed by atoms with Gasteiger partial charge in [-0.15, -0.1) is 0 Å². The molecule has 16 heavy (non-hydrogen) atoms. The highest BCUT2D eigenvalue weighted by molar-refractivity contribution is 5.37. The highest BCUT2D eigenvalue weighted by Gasteiger charge is 2.04. The molecule has 0 saturated carbocycles. The van der Waals surface area contributed by atoms with Crippen molar-refractivity contribution in [2.24, 2.45) is 0 Å². The predicted octanol–water partition coefficient (Wildman–Crippen LogP) is 3.57. The molecule has 0 spiro atoms. The summed E-state index contributed by atoms with van der Waals surface area (Å²) in [5, 5.41) is 8.76. The summed E-state index contributed by atoms with van der Waals surface area (Å²) in [6, 6.07) is 7.87. The molecule has 0 amide bonds. The van der Waals surface area contributed by atoms with E-state index in [4.69, 9.17) is 10.00 Å². The maximum atomic E-state index is 8.76. The number of nitriles is 1. The molecule has 0 heterocycles. The molecule has 0 aliphatic carbocycles. The molecule has 1 atom stereocenters. The van der Waals surface area contributed by atoms with Gasteiger partial charge in [0.25, 0.3) is 0 Å². The summed E-state index contributed by atoms with van der Waals surface area (Å²) in [4.78, 5) is 0. The molecule has 1 rings (SSSR count). The molecule has 2 nitrogen and oxygen atoms in total. The first-order valence-corrected chi connectivity index (χ1v) is 5.78. The Morgan fingerprint density at radius 3 is 2.75 bits per heavy atom. The Hall–Kier alpha value is -1.33. The zero-order valence-electron chi connectivity index (χ0n) is 10.3. The van der Waals surface area contributed by atoms with Gasteiger partial charge in [-0.3, -0.25) is 0 Å². The van der Waals surface area contributed by atoms with E-state index in [0.29, 0.717) is 18.3 Å². The van der Waals surface area contributed by atoms with E-state index in [9.17, 15) is 0 Å². The van der Waals surface area contributed by atoms with Crippen molar-refractivity contribution >= 4 is 0 Å². The van der Waals surface area contributed by atoms with Gasteiger partial charge in [-0.25, -0.2) is 0 Å². The van der Waals surface area contributed by atoms with Crippen LogP contribution in [0, 0.1) is 18.3 Å². The summed E-state index contributed by atoms with van der Waals surface area (Å²) < 4.78 is 5.74. The third-order valence-corrected chi connectivity index (χ3v) is 2.69. The van der Waals surface area contributed by atoms with Crippen LogP contribution in [0.15, 0.2) is 18.2 Å². The number of hydrogen-bond donors (Lipinski definition) is 0. The molecule has 0 aromatic heterocycles. The van der Waals surface area contributed by atoms with Gasteiger partial charge in [0.15, 0.2) is 0 Å². The Kier molecular flexibility index (Phi) is 5.01. The Morgan fingerprint density at radius 2 is 2.19 bits per heavy atom. The fourth-order valence-corrected chi connectivity index (χ4v) is 1.65. The van der Waals surface area contributed by atoms with Crippen molar-refractivity contribution in [2.75, 3.05) is 0 Å². The molecule has 86 valence electrons. The maximum absolute atomic E-state index is 8.76. The van der Waals surface area contributed by atoms with E-state index in [2.05, 4.69) is 19.9 Å². The SMILES string of the molecule is CCCC(C)OCc1ccc(C#N)cc1C. The average Bonchev–Trinajstić information content (AvgIpc) is 2.27. The lowest BCUT2D eigenvalue weighted by Gasteiger charge is -2.13. The van der Waals surface area contributed by atoms with Crippen LogP contribution in [0.4, 0.5) is 0 Å². The second-order valence-corrected chi connectivity index (χ2v) is 4.16. The molecule has 1 unspecified atom stereocenters. The number of rotatable bonds is 5. The largest absolute Gasteiger partial charge is 0.374 e. The fourth-order valence-electron chi connectivity index (χ4n) is 1.65. The Bertz CT molecular complexity index is 379. The first kappa shape index (κ1) is 12.7. The maximum Gasteiger partial charge on any atom is 0.0991 e. The van der Waals surface area contributed by atoms with Crippen LogP contribution in [0.1, 0.15) is 43.4 Å². The summed E-state index contributed by atoms with van der Waals surface area (Å²) in [5.41, 5.74) is 3.01. The smallest absolute Gasteiger partial charge is 0.0991 e. The van der Waals surface area contributed by atoms with Crippen molar-refractivity contribution in [3.63, 3.8) is 0 Å². The van der Waals surface area contributed by atoms with Gasteiger partial charge < -0.3 is 4.74 Å². The van der Waals surface area contributed by atoms with Crippen molar-refractivity contribution < 1.29 is 4.74 Å². The third kappa shape index (κ3) is 3.67. The van der Waals surface area contributed by atoms with Gasteiger partial charge >= 0.3 is 0 Å². The summed E-state index contributed by atoms with van der Waals surface area (Å²) >= 11 is 0. The fraction of sp³-hybridized carbons (Fsp3) is 0.500. The van der Waals surface area contributed by atoms with Crippen LogP contribution in [-0.4, -0.2) is 6.10 Å². The minimum Gasteiger partial charge on any atom is -0.374 e. The van der Waals surface area contributed by atoms with Crippen LogP contribution in [0.2, 0.25) is 0 Å². The molecule has 0 aliphatic rings. The zero-order valence-corrected chi connectivity index (χ0v) is 10.3. The predicted molar refractivity (Wildman–Crippen MR) is 65.1 cm³/mol. The van der Waals surface area contributed by atoms with Crippen LogP contribution in [0.5, 0.6) is 0 Å². The van der Waals surface area contributed by atoms with Crippen LogP contribution in [0.3, 0.4) is 0 Å². The first-order chi connectivity index (χ1) is 7.67.